The van der Waals surface area contributed by atoms with Crippen LogP contribution < -0.4 is 16.2 Å². The minimum Gasteiger partial charge on any atom is -0.356 e. The molecule has 1 aliphatic heterocycles. The van der Waals surface area contributed by atoms with Gasteiger partial charge in [0.2, 0.25) is 11.5 Å². The zero-order valence-corrected chi connectivity index (χ0v) is 14.7. The SMILES string of the molecule is CC1(C)CC(CC(=O)NCCc2cccc(=O)[nH]2)CC(C)(C)N1. The van der Waals surface area contributed by atoms with Crippen LogP contribution in [0.25, 0.3) is 0 Å². The molecule has 1 saturated heterocycles. The predicted molar refractivity (Wildman–Crippen MR) is 92.4 cm³/mol. The van der Waals surface area contributed by atoms with Crippen molar-refractivity contribution in [3.05, 3.63) is 34.2 Å². The fourth-order valence-corrected chi connectivity index (χ4v) is 3.99. The number of amides is 1. The van der Waals surface area contributed by atoms with Crippen LogP contribution in [0.2, 0.25) is 0 Å². The Morgan fingerprint density at radius 2 is 1.87 bits per heavy atom. The Morgan fingerprint density at radius 1 is 1.22 bits per heavy atom. The van der Waals surface area contributed by atoms with E-state index in [9.17, 15) is 9.59 Å². The number of piperidine rings is 1. The topological polar surface area (TPSA) is 74.0 Å². The van der Waals surface area contributed by atoms with Crippen molar-refractivity contribution in [2.75, 3.05) is 6.54 Å². The van der Waals surface area contributed by atoms with Crippen LogP contribution >= 0.6 is 0 Å². The number of nitrogens with one attached hydrogen (secondary N) is 3. The van der Waals surface area contributed by atoms with Crippen molar-refractivity contribution in [1.82, 2.24) is 15.6 Å². The number of hydrogen-bond acceptors (Lipinski definition) is 3. The van der Waals surface area contributed by atoms with Gasteiger partial charge >= 0.3 is 0 Å². The second kappa shape index (κ2) is 6.87. The molecule has 3 N–H and O–H groups in total. The molecule has 1 aromatic rings. The van der Waals surface area contributed by atoms with E-state index in [1.54, 1.807) is 6.07 Å². The Labute approximate surface area is 138 Å². The van der Waals surface area contributed by atoms with E-state index in [0.717, 1.165) is 18.5 Å². The van der Waals surface area contributed by atoms with E-state index >= 15 is 0 Å². The Balaban J connectivity index is 1.79. The van der Waals surface area contributed by atoms with Gasteiger partial charge in [0.05, 0.1) is 0 Å². The average Bonchev–Trinajstić information content (AvgIpc) is 2.34. The van der Waals surface area contributed by atoms with Crippen LogP contribution in [0.5, 0.6) is 0 Å². The zero-order chi connectivity index (χ0) is 17.1. The maximum atomic E-state index is 12.2. The Morgan fingerprint density at radius 3 is 2.48 bits per heavy atom. The highest BCUT2D eigenvalue weighted by Gasteiger charge is 2.38. The first kappa shape index (κ1) is 17.7. The predicted octanol–water partition coefficient (Wildman–Crippen LogP) is 1.98. The van der Waals surface area contributed by atoms with Crippen molar-refractivity contribution in [2.45, 2.75) is 64.5 Å². The Bertz CT molecular complexity index is 588. The lowest BCUT2D eigenvalue weighted by molar-refractivity contribution is -0.122. The fraction of sp³-hybridized carbons (Fsp3) is 0.667. The first-order valence-electron chi connectivity index (χ1n) is 8.39. The molecule has 23 heavy (non-hydrogen) atoms. The third-order valence-electron chi connectivity index (χ3n) is 4.29. The van der Waals surface area contributed by atoms with Gasteiger partial charge in [0.15, 0.2) is 0 Å². The summed E-state index contributed by atoms with van der Waals surface area (Å²) in [5.74, 6) is 0.500. The highest BCUT2D eigenvalue weighted by atomic mass is 16.1. The van der Waals surface area contributed by atoms with Gasteiger partial charge in [0.1, 0.15) is 0 Å². The number of hydrogen-bond donors (Lipinski definition) is 3. The number of aromatic nitrogens is 1. The normalized spacial score (nSPS) is 20.2. The number of aromatic amines is 1. The summed E-state index contributed by atoms with van der Waals surface area (Å²) in [4.78, 5) is 26.2. The lowest BCUT2D eigenvalue weighted by atomic mass is 9.74. The quantitative estimate of drug-likeness (QED) is 0.777. The molecule has 0 atom stereocenters. The van der Waals surface area contributed by atoms with Crippen LogP contribution in [0.4, 0.5) is 0 Å². The lowest BCUT2D eigenvalue weighted by Gasteiger charge is -2.46. The van der Waals surface area contributed by atoms with Gasteiger partial charge in [-0.3, -0.25) is 9.59 Å². The molecule has 5 heteroatoms. The summed E-state index contributed by atoms with van der Waals surface area (Å²) in [5.41, 5.74) is 0.877. The third kappa shape index (κ3) is 5.82. The van der Waals surface area contributed by atoms with Crippen molar-refractivity contribution in [3.8, 4) is 0 Å². The molecular weight excluding hydrogens is 290 g/mol. The third-order valence-corrected chi connectivity index (χ3v) is 4.29. The molecule has 0 aliphatic carbocycles. The van der Waals surface area contributed by atoms with E-state index < -0.39 is 0 Å². The van der Waals surface area contributed by atoms with Crippen molar-refractivity contribution in [2.24, 2.45) is 5.92 Å². The molecule has 0 saturated carbocycles. The maximum Gasteiger partial charge on any atom is 0.248 e. The summed E-state index contributed by atoms with van der Waals surface area (Å²) in [5, 5.41) is 6.61. The van der Waals surface area contributed by atoms with Gasteiger partial charge in [0, 0.05) is 42.2 Å². The zero-order valence-electron chi connectivity index (χ0n) is 14.7. The van der Waals surface area contributed by atoms with Crippen LogP contribution in [-0.2, 0) is 11.2 Å². The van der Waals surface area contributed by atoms with Crippen molar-refractivity contribution >= 4 is 5.91 Å². The highest BCUT2D eigenvalue weighted by Crippen LogP contribution is 2.34. The summed E-state index contributed by atoms with van der Waals surface area (Å²) >= 11 is 0. The molecule has 0 unspecified atom stereocenters. The van der Waals surface area contributed by atoms with Gasteiger partial charge in [-0.2, -0.15) is 0 Å². The minimum atomic E-state index is -0.104. The van der Waals surface area contributed by atoms with E-state index in [1.165, 1.54) is 6.07 Å². The summed E-state index contributed by atoms with van der Waals surface area (Å²) < 4.78 is 0. The number of pyridine rings is 1. The lowest BCUT2D eigenvalue weighted by Crippen LogP contribution is -2.58. The molecule has 2 heterocycles. The van der Waals surface area contributed by atoms with E-state index in [4.69, 9.17) is 0 Å². The fourth-order valence-electron chi connectivity index (χ4n) is 3.99. The van der Waals surface area contributed by atoms with Gasteiger partial charge in [-0.1, -0.05) is 6.07 Å². The number of H-pyrrole nitrogens is 1. The van der Waals surface area contributed by atoms with Crippen LogP contribution in [0.15, 0.2) is 23.0 Å². The molecule has 0 bridgehead atoms. The van der Waals surface area contributed by atoms with Gasteiger partial charge in [0.25, 0.3) is 0 Å². The second-order valence-electron chi connectivity index (χ2n) is 8.01. The summed E-state index contributed by atoms with van der Waals surface area (Å²) in [6, 6.07) is 5.09. The summed E-state index contributed by atoms with van der Waals surface area (Å²) in [6.45, 7) is 9.35. The smallest absolute Gasteiger partial charge is 0.248 e. The maximum absolute atomic E-state index is 12.2. The molecule has 2 rings (SSSR count). The Kier molecular flexibility index (Phi) is 5.30. The molecule has 1 aromatic heterocycles. The van der Waals surface area contributed by atoms with Crippen LogP contribution in [-0.4, -0.2) is 28.5 Å². The van der Waals surface area contributed by atoms with Gasteiger partial charge in [-0.15, -0.1) is 0 Å². The highest BCUT2D eigenvalue weighted by molar-refractivity contribution is 5.76. The first-order chi connectivity index (χ1) is 10.7. The number of carbonyl (C=O) groups excluding carboxylic acids is 1. The molecule has 1 fully saturated rings. The van der Waals surface area contributed by atoms with Crippen molar-refractivity contribution in [1.29, 1.82) is 0 Å². The molecule has 128 valence electrons. The summed E-state index contributed by atoms with van der Waals surface area (Å²) in [6.07, 6.45) is 3.23. The van der Waals surface area contributed by atoms with Crippen LogP contribution in [0.3, 0.4) is 0 Å². The molecule has 1 amide bonds. The monoisotopic (exact) mass is 319 g/mol. The molecule has 5 nitrogen and oxygen atoms in total. The average molecular weight is 319 g/mol. The van der Waals surface area contributed by atoms with Crippen LogP contribution in [0, 0.1) is 5.92 Å². The molecule has 1 aliphatic rings. The van der Waals surface area contributed by atoms with Gasteiger partial charge in [-0.25, -0.2) is 0 Å². The standard InChI is InChI=1S/C18H29N3O2/c1-17(2)11-13(12-18(3,4)21-17)10-16(23)19-9-8-14-6-5-7-15(22)20-14/h5-7,13,21H,8-12H2,1-4H3,(H,19,23)(H,20,22). The Hall–Kier alpha value is -1.62. The molecule has 0 radical (unpaired) electrons. The van der Waals surface area contributed by atoms with Gasteiger partial charge in [-0.05, 0) is 52.5 Å². The van der Waals surface area contributed by atoms with Gasteiger partial charge < -0.3 is 15.6 Å². The number of rotatable bonds is 5. The first-order valence-corrected chi connectivity index (χ1v) is 8.39. The van der Waals surface area contributed by atoms with E-state index in [-0.39, 0.29) is 22.5 Å². The summed E-state index contributed by atoms with van der Waals surface area (Å²) in [7, 11) is 0. The van der Waals surface area contributed by atoms with Crippen LogP contribution in [0.1, 0.15) is 52.7 Å². The van der Waals surface area contributed by atoms with Crippen molar-refractivity contribution in [3.63, 3.8) is 0 Å². The molecular formula is C18H29N3O2. The molecule has 0 spiro atoms. The van der Waals surface area contributed by atoms with E-state index in [2.05, 4.69) is 43.3 Å². The largest absolute Gasteiger partial charge is 0.356 e. The van der Waals surface area contributed by atoms with E-state index in [0.29, 0.717) is 25.3 Å². The number of carbonyl (C=O) groups is 1. The van der Waals surface area contributed by atoms with E-state index in [1.807, 2.05) is 6.07 Å². The second-order valence-corrected chi connectivity index (χ2v) is 8.01. The molecule has 0 aromatic carbocycles. The van der Waals surface area contributed by atoms with Crippen molar-refractivity contribution < 1.29 is 4.79 Å². The minimum absolute atomic E-state index is 0.0657.